The van der Waals surface area contributed by atoms with Crippen molar-refractivity contribution in [3.8, 4) is 23.0 Å². The quantitative estimate of drug-likeness (QED) is 0.409. The lowest BCUT2D eigenvalue weighted by atomic mass is 9.98. The summed E-state index contributed by atoms with van der Waals surface area (Å²) in [6, 6.07) is 17.9. The molecule has 0 N–H and O–H groups in total. The Morgan fingerprint density at radius 3 is 2.61 bits per heavy atom. The zero-order valence-electron chi connectivity index (χ0n) is 20.7. The number of hydrogen-bond acceptors (Lipinski definition) is 6. The maximum absolute atomic E-state index is 13.1. The molecule has 2 aliphatic rings. The van der Waals surface area contributed by atoms with Crippen LogP contribution in [-0.4, -0.2) is 38.2 Å². The number of allylic oxidation sites excluding steroid dienone is 3. The van der Waals surface area contributed by atoms with Gasteiger partial charge in [0.05, 0.1) is 25.3 Å². The predicted octanol–water partition coefficient (Wildman–Crippen LogP) is 5.58. The second kappa shape index (κ2) is 10.3. The van der Waals surface area contributed by atoms with E-state index in [1.807, 2.05) is 73.7 Å². The van der Waals surface area contributed by atoms with E-state index in [1.54, 1.807) is 20.3 Å². The van der Waals surface area contributed by atoms with Gasteiger partial charge in [-0.3, -0.25) is 9.69 Å². The van der Waals surface area contributed by atoms with Crippen molar-refractivity contribution in [1.82, 2.24) is 4.90 Å². The lowest BCUT2D eigenvalue weighted by Gasteiger charge is -2.30. The molecule has 0 saturated heterocycles. The lowest BCUT2D eigenvalue weighted by molar-refractivity contribution is 0.0948. The van der Waals surface area contributed by atoms with Crippen LogP contribution in [0.15, 0.2) is 72.5 Å². The van der Waals surface area contributed by atoms with Crippen LogP contribution >= 0.6 is 0 Å². The summed E-state index contributed by atoms with van der Waals surface area (Å²) in [4.78, 5) is 15.4. The Balaban J connectivity index is 1.32. The van der Waals surface area contributed by atoms with Gasteiger partial charge in [-0.2, -0.15) is 0 Å². The average molecular weight is 484 g/mol. The number of benzene rings is 3. The monoisotopic (exact) mass is 483 g/mol. The van der Waals surface area contributed by atoms with E-state index in [0.29, 0.717) is 36.1 Å². The first-order chi connectivity index (χ1) is 17.6. The van der Waals surface area contributed by atoms with E-state index in [9.17, 15) is 4.79 Å². The zero-order valence-corrected chi connectivity index (χ0v) is 20.7. The van der Waals surface area contributed by atoms with Crippen LogP contribution in [0.2, 0.25) is 0 Å². The standard InChI is InChI=1S/C30H29NO5/c1-20-16-26-23(18-31(19-35-26)15-14-22-12-13-24(33-2)27(17-22)34-3)30-28(20)29(32)25(36-30)11-7-10-21-8-5-4-6-9-21/h4-13,16-17H,14-15,18-19H2,1-3H3/b10-7+,25-11-. The van der Waals surface area contributed by atoms with Crippen molar-refractivity contribution in [3.05, 3.63) is 100 Å². The number of fused-ring (bicyclic) bond motifs is 3. The Morgan fingerprint density at radius 1 is 1.03 bits per heavy atom. The van der Waals surface area contributed by atoms with Gasteiger partial charge in [0, 0.05) is 13.1 Å². The molecular weight excluding hydrogens is 454 g/mol. The minimum absolute atomic E-state index is 0.0922. The maximum Gasteiger partial charge on any atom is 0.232 e. The first-order valence-corrected chi connectivity index (χ1v) is 12.0. The molecule has 2 heterocycles. The van der Waals surface area contributed by atoms with Crippen LogP contribution in [0.1, 0.15) is 32.6 Å². The summed E-state index contributed by atoms with van der Waals surface area (Å²) >= 11 is 0. The Morgan fingerprint density at radius 2 is 1.83 bits per heavy atom. The van der Waals surface area contributed by atoms with Crippen molar-refractivity contribution in [3.63, 3.8) is 0 Å². The number of ketones is 1. The summed E-state index contributed by atoms with van der Waals surface area (Å²) in [5.74, 6) is 3.07. The first-order valence-electron chi connectivity index (χ1n) is 12.0. The molecule has 0 fully saturated rings. The van der Waals surface area contributed by atoms with Crippen LogP contribution in [0.5, 0.6) is 23.0 Å². The van der Waals surface area contributed by atoms with Crippen LogP contribution in [0.4, 0.5) is 0 Å². The molecule has 0 atom stereocenters. The third kappa shape index (κ3) is 4.72. The normalized spacial score (nSPS) is 16.0. The molecule has 0 spiro atoms. The van der Waals surface area contributed by atoms with Crippen LogP contribution in [0.25, 0.3) is 6.08 Å². The van der Waals surface area contributed by atoms with Gasteiger partial charge in [0.2, 0.25) is 5.78 Å². The predicted molar refractivity (Wildman–Crippen MR) is 139 cm³/mol. The van der Waals surface area contributed by atoms with E-state index in [0.717, 1.165) is 46.7 Å². The highest BCUT2D eigenvalue weighted by atomic mass is 16.5. The molecule has 0 radical (unpaired) electrons. The van der Waals surface area contributed by atoms with Crippen molar-refractivity contribution in [2.45, 2.75) is 19.9 Å². The van der Waals surface area contributed by atoms with Gasteiger partial charge >= 0.3 is 0 Å². The van der Waals surface area contributed by atoms with Crippen LogP contribution < -0.4 is 18.9 Å². The molecule has 0 amide bonds. The summed E-state index contributed by atoms with van der Waals surface area (Å²) in [7, 11) is 3.27. The molecule has 36 heavy (non-hydrogen) atoms. The highest BCUT2D eigenvalue weighted by Crippen LogP contribution is 2.43. The summed E-state index contributed by atoms with van der Waals surface area (Å²) in [6.07, 6.45) is 6.36. The van der Waals surface area contributed by atoms with E-state index < -0.39 is 0 Å². The van der Waals surface area contributed by atoms with Gasteiger partial charge < -0.3 is 18.9 Å². The number of methoxy groups -OCH3 is 2. The summed E-state index contributed by atoms with van der Waals surface area (Å²) in [5, 5.41) is 0. The van der Waals surface area contributed by atoms with Gasteiger partial charge in [-0.15, -0.1) is 0 Å². The molecular formula is C30H29NO5. The number of ether oxygens (including phenoxy) is 4. The van der Waals surface area contributed by atoms with Crippen molar-refractivity contribution >= 4 is 11.9 Å². The van der Waals surface area contributed by atoms with Crippen molar-refractivity contribution in [1.29, 1.82) is 0 Å². The van der Waals surface area contributed by atoms with Gasteiger partial charge in [-0.1, -0.05) is 48.6 Å². The molecule has 6 nitrogen and oxygen atoms in total. The number of nitrogens with zero attached hydrogens (tertiary/aromatic N) is 1. The van der Waals surface area contributed by atoms with Crippen LogP contribution in [-0.2, 0) is 13.0 Å². The van der Waals surface area contributed by atoms with Crippen LogP contribution in [0, 0.1) is 6.92 Å². The second-order valence-electron chi connectivity index (χ2n) is 8.87. The number of carbonyl (C=O) groups is 1. The molecule has 0 aliphatic carbocycles. The smallest absolute Gasteiger partial charge is 0.232 e. The summed E-state index contributed by atoms with van der Waals surface area (Å²) in [5.41, 5.74) is 4.61. The maximum atomic E-state index is 13.1. The molecule has 2 aliphatic heterocycles. The Hall–Kier alpha value is -4.03. The minimum atomic E-state index is -0.0922. The number of carbonyl (C=O) groups excluding carboxylic acids is 1. The third-order valence-electron chi connectivity index (χ3n) is 6.49. The molecule has 3 aromatic carbocycles. The second-order valence-corrected chi connectivity index (χ2v) is 8.87. The fourth-order valence-corrected chi connectivity index (χ4v) is 4.57. The first kappa shape index (κ1) is 23.7. The molecule has 0 aromatic heterocycles. The van der Waals surface area contributed by atoms with Gasteiger partial charge in [0.25, 0.3) is 0 Å². The highest BCUT2D eigenvalue weighted by Gasteiger charge is 2.35. The fraction of sp³-hybridized carbons (Fsp3) is 0.233. The van der Waals surface area contributed by atoms with Crippen molar-refractivity contribution < 1.29 is 23.7 Å². The van der Waals surface area contributed by atoms with E-state index in [1.165, 1.54) is 0 Å². The molecule has 184 valence electrons. The SMILES string of the molecule is COc1ccc(CCN2COc3cc(C)c4c(c3C2)O/C(=C\C=C\c2ccccc2)C4=O)cc1OC. The molecule has 0 unspecified atom stereocenters. The molecule has 0 bridgehead atoms. The highest BCUT2D eigenvalue weighted by molar-refractivity contribution is 6.14. The average Bonchev–Trinajstić information content (AvgIpc) is 3.25. The minimum Gasteiger partial charge on any atom is -0.493 e. The molecule has 5 rings (SSSR count). The molecule has 0 saturated carbocycles. The fourth-order valence-electron chi connectivity index (χ4n) is 4.57. The van der Waals surface area contributed by atoms with Crippen LogP contribution in [0.3, 0.4) is 0 Å². The number of aryl methyl sites for hydroxylation is 1. The van der Waals surface area contributed by atoms with E-state index in [-0.39, 0.29) is 5.78 Å². The number of hydrogen-bond donors (Lipinski definition) is 0. The van der Waals surface area contributed by atoms with Gasteiger partial charge in [-0.25, -0.2) is 0 Å². The van der Waals surface area contributed by atoms with Gasteiger partial charge in [-0.05, 0) is 54.3 Å². The topological polar surface area (TPSA) is 57.2 Å². The van der Waals surface area contributed by atoms with E-state index in [4.69, 9.17) is 18.9 Å². The van der Waals surface area contributed by atoms with Crippen molar-refractivity contribution in [2.75, 3.05) is 27.5 Å². The Kier molecular flexibility index (Phi) is 6.78. The number of rotatable bonds is 7. The Labute approximate surface area is 211 Å². The Bertz CT molecular complexity index is 1340. The van der Waals surface area contributed by atoms with E-state index >= 15 is 0 Å². The number of Topliss-reactive ketones (excluding diaryl/α,β-unsaturated/α-hetero) is 1. The van der Waals surface area contributed by atoms with Crippen molar-refractivity contribution in [2.24, 2.45) is 0 Å². The molecule has 3 aromatic rings. The zero-order chi connectivity index (χ0) is 25.1. The summed E-state index contributed by atoms with van der Waals surface area (Å²) in [6.45, 7) is 3.84. The van der Waals surface area contributed by atoms with Gasteiger partial charge in [0.1, 0.15) is 18.2 Å². The van der Waals surface area contributed by atoms with Gasteiger partial charge in [0.15, 0.2) is 17.3 Å². The third-order valence-corrected chi connectivity index (χ3v) is 6.49. The lowest BCUT2D eigenvalue weighted by Crippen LogP contribution is -2.34. The van der Waals surface area contributed by atoms with E-state index in [2.05, 4.69) is 4.90 Å². The largest absolute Gasteiger partial charge is 0.493 e. The summed E-state index contributed by atoms with van der Waals surface area (Å²) < 4.78 is 23.0. The molecule has 6 heteroatoms.